The fraction of sp³-hybridized carbons (Fsp3) is 0.846. The van der Waals surface area contributed by atoms with Gasteiger partial charge in [0.25, 0.3) is 0 Å². The van der Waals surface area contributed by atoms with E-state index in [4.69, 9.17) is 0 Å². The molecule has 0 spiro atoms. The first-order chi connectivity index (χ1) is 8.41. The molecule has 0 radical (unpaired) electrons. The standard InChI is InChI=1S/C13H25N3O2/c1-9(2)8-11(13(18)16(3)4)15-12(17)10-6-5-7-14-10/h9-11,14H,5-8H2,1-4H3,(H,15,17)/t10-,11-/m0/s1. The Morgan fingerprint density at radius 1 is 1.39 bits per heavy atom. The summed E-state index contributed by atoms with van der Waals surface area (Å²) < 4.78 is 0. The molecule has 0 bridgehead atoms. The van der Waals surface area contributed by atoms with Crippen molar-refractivity contribution in [3.63, 3.8) is 0 Å². The molecule has 2 N–H and O–H groups in total. The van der Waals surface area contributed by atoms with Gasteiger partial charge in [0.1, 0.15) is 6.04 Å². The van der Waals surface area contributed by atoms with Crippen LogP contribution >= 0.6 is 0 Å². The Morgan fingerprint density at radius 2 is 2.06 bits per heavy atom. The maximum Gasteiger partial charge on any atom is 0.244 e. The van der Waals surface area contributed by atoms with Crippen molar-refractivity contribution in [2.24, 2.45) is 5.92 Å². The number of hydrogen-bond acceptors (Lipinski definition) is 3. The zero-order chi connectivity index (χ0) is 13.7. The van der Waals surface area contributed by atoms with Crippen LogP contribution < -0.4 is 10.6 Å². The van der Waals surface area contributed by atoms with Gasteiger partial charge in [-0.1, -0.05) is 13.8 Å². The zero-order valence-corrected chi connectivity index (χ0v) is 11.8. The predicted molar refractivity (Wildman–Crippen MR) is 71.1 cm³/mol. The lowest BCUT2D eigenvalue weighted by Crippen LogP contribution is -2.51. The van der Waals surface area contributed by atoms with Gasteiger partial charge in [0, 0.05) is 14.1 Å². The van der Waals surface area contributed by atoms with Crippen molar-refractivity contribution in [2.75, 3.05) is 20.6 Å². The molecule has 1 rings (SSSR count). The number of nitrogens with zero attached hydrogens (tertiary/aromatic N) is 1. The van der Waals surface area contributed by atoms with Gasteiger partial charge in [0.15, 0.2) is 0 Å². The summed E-state index contributed by atoms with van der Waals surface area (Å²) in [6.45, 7) is 4.99. The predicted octanol–water partition coefficient (Wildman–Crippen LogP) is 0.358. The lowest BCUT2D eigenvalue weighted by Gasteiger charge is -2.24. The highest BCUT2D eigenvalue weighted by Gasteiger charge is 2.28. The van der Waals surface area contributed by atoms with Gasteiger partial charge in [-0.15, -0.1) is 0 Å². The highest BCUT2D eigenvalue weighted by Crippen LogP contribution is 2.09. The molecule has 1 heterocycles. The molecule has 0 saturated carbocycles. The number of likely N-dealkylation sites (N-methyl/N-ethyl adjacent to an activating group) is 1. The molecule has 5 nitrogen and oxygen atoms in total. The van der Waals surface area contributed by atoms with E-state index in [0.29, 0.717) is 12.3 Å². The van der Waals surface area contributed by atoms with Gasteiger partial charge in [-0.2, -0.15) is 0 Å². The second-order valence-electron chi connectivity index (χ2n) is 5.57. The summed E-state index contributed by atoms with van der Waals surface area (Å²) in [5.41, 5.74) is 0. The van der Waals surface area contributed by atoms with Crippen molar-refractivity contribution in [1.29, 1.82) is 0 Å². The molecule has 0 aromatic carbocycles. The molecule has 104 valence electrons. The molecular formula is C13H25N3O2. The van der Waals surface area contributed by atoms with Gasteiger partial charge < -0.3 is 15.5 Å². The summed E-state index contributed by atoms with van der Waals surface area (Å²) in [6.07, 6.45) is 2.56. The van der Waals surface area contributed by atoms with Crippen LogP contribution in [0, 0.1) is 5.92 Å². The van der Waals surface area contributed by atoms with Crippen LogP contribution in [-0.2, 0) is 9.59 Å². The molecule has 0 aliphatic carbocycles. The number of amides is 2. The topological polar surface area (TPSA) is 61.4 Å². The first-order valence-corrected chi connectivity index (χ1v) is 6.66. The summed E-state index contributed by atoms with van der Waals surface area (Å²) in [4.78, 5) is 25.6. The second kappa shape index (κ2) is 6.73. The molecular weight excluding hydrogens is 230 g/mol. The van der Waals surface area contributed by atoms with Crippen LogP contribution in [-0.4, -0.2) is 49.4 Å². The molecule has 0 aromatic heterocycles. The van der Waals surface area contributed by atoms with Crippen molar-refractivity contribution in [2.45, 2.75) is 45.2 Å². The Bertz CT molecular complexity index is 297. The van der Waals surface area contributed by atoms with E-state index < -0.39 is 6.04 Å². The average Bonchev–Trinajstić information content (AvgIpc) is 2.79. The number of carbonyl (C=O) groups is 2. The molecule has 0 aromatic rings. The van der Waals surface area contributed by atoms with Crippen molar-refractivity contribution >= 4 is 11.8 Å². The Hall–Kier alpha value is -1.10. The number of carbonyl (C=O) groups excluding carboxylic acids is 2. The summed E-state index contributed by atoms with van der Waals surface area (Å²) >= 11 is 0. The van der Waals surface area contributed by atoms with Gasteiger partial charge in [0.2, 0.25) is 11.8 Å². The lowest BCUT2D eigenvalue weighted by atomic mass is 10.0. The zero-order valence-electron chi connectivity index (χ0n) is 11.8. The van der Waals surface area contributed by atoms with Crippen molar-refractivity contribution in [3.05, 3.63) is 0 Å². The molecule has 2 amide bonds. The van der Waals surface area contributed by atoms with E-state index in [1.807, 2.05) is 0 Å². The second-order valence-corrected chi connectivity index (χ2v) is 5.57. The molecule has 2 atom stereocenters. The van der Waals surface area contributed by atoms with Gasteiger partial charge >= 0.3 is 0 Å². The monoisotopic (exact) mass is 255 g/mol. The molecule has 18 heavy (non-hydrogen) atoms. The number of nitrogens with one attached hydrogen (secondary N) is 2. The van der Waals surface area contributed by atoms with Gasteiger partial charge in [0.05, 0.1) is 6.04 Å². The minimum atomic E-state index is -0.408. The Kier molecular flexibility index (Phi) is 5.59. The van der Waals surface area contributed by atoms with E-state index >= 15 is 0 Å². The van der Waals surface area contributed by atoms with Crippen LogP contribution in [0.3, 0.4) is 0 Å². The van der Waals surface area contributed by atoms with E-state index in [1.165, 1.54) is 4.90 Å². The molecule has 5 heteroatoms. The van der Waals surface area contributed by atoms with E-state index in [2.05, 4.69) is 24.5 Å². The fourth-order valence-electron chi connectivity index (χ4n) is 2.19. The van der Waals surface area contributed by atoms with Gasteiger partial charge in [-0.05, 0) is 31.7 Å². The largest absolute Gasteiger partial charge is 0.347 e. The third-order valence-corrected chi connectivity index (χ3v) is 3.14. The summed E-state index contributed by atoms with van der Waals surface area (Å²) in [7, 11) is 3.44. The molecule has 1 saturated heterocycles. The normalized spacial score (nSPS) is 20.8. The highest BCUT2D eigenvalue weighted by atomic mass is 16.2. The SMILES string of the molecule is CC(C)C[C@H](NC(=O)[C@@H]1CCCN1)C(=O)N(C)C. The smallest absolute Gasteiger partial charge is 0.244 e. The number of rotatable bonds is 5. The Morgan fingerprint density at radius 3 is 2.50 bits per heavy atom. The first kappa shape index (κ1) is 15.0. The quantitative estimate of drug-likeness (QED) is 0.745. The molecule has 1 fully saturated rings. The van der Waals surface area contributed by atoms with E-state index in [-0.39, 0.29) is 17.9 Å². The average molecular weight is 255 g/mol. The molecule has 1 aliphatic rings. The first-order valence-electron chi connectivity index (χ1n) is 6.66. The van der Waals surface area contributed by atoms with Crippen molar-refractivity contribution < 1.29 is 9.59 Å². The van der Waals surface area contributed by atoms with Crippen LogP contribution in [0.15, 0.2) is 0 Å². The van der Waals surface area contributed by atoms with Crippen LogP contribution in [0.4, 0.5) is 0 Å². The Balaban J connectivity index is 2.59. The van der Waals surface area contributed by atoms with E-state index in [1.54, 1.807) is 14.1 Å². The number of hydrogen-bond donors (Lipinski definition) is 2. The third-order valence-electron chi connectivity index (χ3n) is 3.14. The summed E-state index contributed by atoms with van der Waals surface area (Å²) in [5.74, 6) is 0.291. The summed E-state index contributed by atoms with van der Waals surface area (Å²) in [6, 6.07) is -0.537. The van der Waals surface area contributed by atoms with Crippen LogP contribution in [0.2, 0.25) is 0 Å². The van der Waals surface area contributed by atoms with E-state index in [0.717, 1.165) is 19.4 Å². The maximum atomic E-state index is 12.0. The highest BCUT2D eigenvalue weighted by molar-refractivity contribution is 5.89. The van der Waals surface area contributed by atoms with Gasteiger partial charge in [-0.3, -0.25) is 9.59 Å². The maximum absolute atomic E-state index is 12.0. The molecule has 0 unspecified atom stereocenters. The minimum absolute atomic E-state index is 0.0324. The minimum Gasteiger partial charge on any atom is -0.347 e. The van der Waals surface area contributed by atoms with Crippen LogP contribution in [0.25, 0.3) is 0 Å². The molecule has 1 aliphatic heterocycles. The summed E-state index contributed by atoms with van der Waals surface area (Å²) in [5, 5.41) is 6.03. The van der Waals surface area contributed by atoms with Crippen molar-refractivity contribution in [1.82, 2.24) is 15.5 Å². The van der Waals surface area contributed by atoms with E-state index in [9.17, 15) is 9.59 Å². The lowest BCUT2D eigenvalue weighted by molar-refractivity contribution is -0.135. The third kappa shape index (κ3) is 4.29. The Labute approximate surface area is 109 Å². The van der Waals surface area contributed by atoms with Gasteiger partial charge in [-0.25, -0.2) is 0 Å². The van der Waals surface area contributed by atoms with Crippen molar-refractivity contribution in [3.8, 4) is 0 Å². The van der Waals surface area contributed by atoms with Crippen LogP contribution in [0.1, 0.15) is 33.1 Å². The fourth-order valence-corrected chi connectivity index (χ4v) is 2.19. The van der Waals surface area contributed by atoms with Crippen LogP contribution in [0.5, 0.6) is 0 Å².